The van der Waals surface area contributed by atoms with Crippen LogP contribution in [0.1, 0.15) is 40.0 Å². The van der Waals surface area contributed by atoms with Crippen molar-refractivity contribution in [3.05, 3.63) is 0 Å². The molecule has 2 aliphatic rings. The van der Waals surface area contributed by atoms with Crippen molar-refractivity contribution < 1.29 is 9.53 Å². The minimum atomic E-state index is 0.0388. The van der Waals surface area contributed by atoms with E-state index in [0.717, 1.165) is 32.4 Å². The van der Waals surface area contributed by atoms with Gasteiger partial charge in [-0.25, -0.2) is 0 Å². The van der Waals surface area contributed by atoms with E-state index in [1.165, 1.54) is 0 Å². The standard InChI is InChI=1S/C14H26N2O2/c1-5-18-12-9-11(14(12,2)3)16(4)13(17)10-7-6-8-15-10/h10-12,15H,5-9H2,1-4H3. The summed E-state index contributed by atoms with van der Waals surface area (Å²) in [6.45, 7) is 8.16. The number of hydrogen-bond acceptors (Lipinski definition) is 3. The van der Waals surface area contributed by atoms with Crippen LogP contribution in [0.25, 0.3) is 0 Å². The molecule has 2 fully saturated rings. The Morgan fingerprint density at radius 3 is 2.72 bits per heavy atom. The minimum Gasteiger partial charge on any atom is -0.378 e. The number of carbonyl (C=O) groups excluding carboxylic acids is 1. The molecule has 1 saturated heterocycles. The Morgan fingerprint density at radius 2 is 2.22 bits per heavy atom. The predicted molar refractivity (Wildman–Crippen MR) is 71.4 cm³/mol. The Morgan fingerprint density at radius 1 is 1.50 bits per heavy atom. The average molecular weight is 254 g/mol. The molecular weight excluding hydrogens is 228 g/mol. The highest BCUT2D eigenvalue weighted by Gasteiger charge is 2.52. The van der Waals surface area contributed by atoms with E-state index in [0.29, 0.717) is 12.1 Å². The van der Waals surface area contributed by atoms with E-state index >= 15 is 0 Å². The molecule has 1 aliphatic carbocycles. The fourth-order valence-electron chi connectivity index (χ4n) is 3.30. The van der Waals surface area contributed by atoms with Crippen LogP contribution in [0, 0.1) is 5.41 Å². The molecule has 2 rings (SSSR count). The van der Waals surface area contributed by atoms with Crippen molar-refractivity contribution >= 4 is 5.91 Å². The molecule has 3 atom stereocenters. The summed E-state index contributed by atoms with van der Waals surface area (Å²) in [5, 5.41) is 3.28. The summed E-state index contributed by atoms with van der Waals surface area (Å²) in [6.07, 6.45) is 3.35. The topological polar surface area (TPSA) is 41.6 Å². The number of rotatable bonds is 4. The van der Waals surface area contributed by atoms with Crippen molar-refractivity contribution in [3.8, 4) is 0 Å². The second-order valence-corrected chi connectivity index (χ2v) is 6.11. The average Bonchev–Trinajstić information content (AvgIpc) is 2.86. The molecule has 3 unspecified atom stereocenters. The van der Waals surface area contributed by atoms with Crippen LogP contribution >= 0.6 is 0 Å². The van der Waals surface area contributed by atoms with E-state index in [9.17, 15) is 4.79 Å². The first-order valence-electron chi connectivity index (χ1n) is 7.10. The van der Waals surface area contributed by atoms with Crippen molar-refractivity contribution in [2.45, 2.75) is 58.2 Å². The second-order valence-electron chi connectivity index (χ2n) is 6.11. The van der Waals surface area contributed by atoms with Gasteiger partial charge >= 0.3 is 0 Å². The molecule has 1 saturated carbocycles. The van der Waals surface area contributed by atoms with Gasteiger partial charge in [-0.3, -0.25) is 4.79 Å². The molecule has 0 aromatic carbocycles. The van der Waals surface area contributed by atoms with Crippen LogP contribution in [-0.2, 0) is 9.53 Å². The zero-order valence-corrected chi connectivity index (χ0v) is 12.0. The highest BCUT2D eigenvalue weighted by molar-refractivity contribution is 5.82. The molecule has 0 aromatic rings. The summed E-state index contributed by atoms with van der Waals surface area (Å²) in [5.41, 5.74) is 0.0685. The lowest BCUT2D eigenvalue weighted by molar-refractivity contribution is -0.164. The molecule has 0 spiro atoms. The summed E-state index contributed by atoms with van der Waals surface area (Å²) < 4.78 is 5.73. The van der Waals surface area contributed by atoms with Gasteiger partial charge in [0.05, 0.1) is 12.1 Å². The third-order valence-corrected chi connectivity index (χ3v) is 4.67. The fraction of sp³-hybridized carbons (Fsp3) is 0.929. The maximum Gasteiger partial charge on any atom is 0.239 e. The van der Waals surface area contributed by atoms with Crippen molar-refractivity contribution in [2.75, 3.05) is 20.2 Å². The number of amides is 1. The lowest BCUT2D eigenvalue weighted by Gasteiger charge is -2.55. The van der Waals surface area contributed by atoms with Crippen LogP contribution in [0.2, 0.25) is 0 Å². The Labute approximate surface area is 110 Å². The first-order valence-corrected chi connectivity index (χ1v) is 7.10. The summed E-state index contributed by atoms with van der Waals surface area (Å²) >= 11 is 0. The lowest BCUT2D eigenvalue weighted by atomic mass is 9.63. The SMILES string of the molecule is CCOC1CC(N(C)C(=O)C2CCCN2)C1(C)C. The molecule has 4 nitrogen and oxygen atoms in total. The number of hydrogen-bond donors (Lipinski definition) is 1. The first kappa shape index (κ1) is 13.8. The number of ether oxygens (including phenoxy) is 1. The fourth-order valence-corrected chi connectivity index (χ4v) is 3.30. The zero-order chi connectivity index (χ0) is 13.3. The van der Waals surface area contributed by atoms with Gasteiger partial charge in [0.2, 0.25) is 5.91 Å². The Bertz CT molecular complexity index is 311. The van der Waals surface area contributed by atoms with Crippen LogP contribution in [0.15, 0.2) is 0 Å². The number of nitrogens with zero attached hydrogens (tertiary/aromatic N) is 1. The van der Waals surface area contributed by atoms with Crippen LogP contribution in [-0.4, -0.2) is 49.2 Å². The maximum atomic E-state index is 12.4. The molecule has 0 bridgehead atoms. The Balaban J connectivity index is 1.94. The van der Waals surface area contributed by atoms with Gasteiger partial charge in [-0.05, 0) is 32.7 Å². The molecule has 4 heteroatoms. The molecule has 0 radical (unpaired) electrons. The van der Waals surface area contributed by atoms with Gasteiger partial charge in [-0.15, -0.1) is 0 Å². The third-order valence-electron chi connectivity index (χ3n) is 4.67. The van der Waals surface area contributed by atoms with Gasteiger partial charge in [0.25, 0.3) is 0 Å². The van der Waals surface area contributed by atoms with Crippen LogP contribution in [0.5, 0.6) is 0 Å². The number of likely N-dealkylation sites (N-methyl/N-ethyl adjacent to an activating group) is 1. The van der Waals surface area contributed by atoms with Crippen LogP contribution < -0.4 is 5.32 Å². The largest absolute Gasteiger partial charge is 0.378 e. The van der Waals surface area contributed by atoms with E-state index < -0.39 is 0 Å². The minimum absolute atomic E-state index is 0.0388. The molecule has 18 heavy (non-hydrogen) atoms. The summed E-state index contributed by atoms with van der Waals surface area (Å²) in [5.74, 6) is 0.250. The van der Waals surface area contributed by atoms with Gasteiger partial charge in [0.15, 0.2) is 0 Å². The Hall–Kier alpha value is -0.610. The van der Waals surface area contributed by atoms with Crippen molar-refractivity contribution in [2.24, 2.45) is 5.41 Å². The number of carbonyl (C=O) groups is 1. The zero-order valence-electron chi connectivity index (χ0n) is 12.0. The van der Waals surface area contributed by atoms with Crippen LogP contribution in [0.4, 0.5) is 0 Å². The normalized spacial score (nSPS) is 34.1. The lowest BCUT2D eigenvalue weighted by Crippen LogP contribution is -2.63. The molecule has 1 aliphatic heterocycles. The summed E-state index contributed by atoms with van der Waals surface area (Å²) in [7, 11) is 1.94. The summed E-state index contributed by atoms with van der Waals surface area (Å²) in [6, 6.07) is 0.348. The highest BCUT2D eigenvalue weighted by Crippen LogP contribution is 2.45. The molecule has 1 heterocycles. The van der Waals surface area contributed by atoms with Gasteiger partial charge in [-0.1, -0.05) is 13.8 Å². The quantitative estimate of drug-likeness (QED) is 0.824. The monoisotopic (exact) mass is 254 g/mol. The second kappa shape index (κ2) is 5.17. The van der Waals surface area contributed by atoms with Gasteiger partial charge in [0.1, 0.15) is 0 Å². The van der Waals surface area contributed by atoms with E-state index in [4.69, 9.17) is 4.74 Å². The molecule has 0 aromatic heterocycles. The van der Waals surface area contributed by atoms with Gasteiger partial charge < -0.3 is 15.0 Å². The smallest absolute Gasteiger partial charge is 0.239 e. The molecule has 1 amide bonds. The first-order chi connectivity index (χ1) is 8.48. The maximum absolute atomic E-state index is 12.4. The van der Waals surface area contributed by atoms with Crippen molar-refractivity contribution in [1.82, 2.24) is 10.2 Å². The molecule has 104 valence electrons. The van der Waals surface area contributed by atoms with Gasteiger partial charge in [0, 0.05) is 25.1 Å². The van der Waals surface area contributed by atoms with E-state index in [1.807, 2.05) is 18.9 Å². The Kier molecular flexibility index (Phi) is 3.97. The predicted octanol–water partition coefficient (Wildman–Crippen LogP) is 1.40. The third kappa shape index (κ3) is 2.28. The van der Waals surface area contributed by atoms with Crippen molar-refractivity contribution in [3.63, 3.8) is 0 Å². The highest BCUT2D eigenvalue weighted by atomic mass is 16.5. The molecular formula is C14H26N2O2. The number of nitrogens with one attached hydrogen (secondary N) is 1. The molecule has 1 N–H and O–H groups in total. The van der Waals surface area contributed by atoms with E-state index in [1.54, 1.807) is 0 Å². The van der Waals surface area contributed by atoms with Crippen LogP contribution in [0.3, 0.4) is 0 Å². The van der Waals surface area contributed by atoms with Crippen molar-refractivity contribution in [1.29, 1.82) is 0 Å². The van der Waals surface area contributed by atoms with Gasteiger partial charge in [-0.2, -0.15) is 0 Å². The summed E-state index contributed by atoms with van der Waals surface area (Å²) in [4.78, 5) is 14.3. The van der Waals surface area contributed by atoms with E-state index in [2.05, 4.69) is 19.2 Å². The van der Waals surface area contributed by atoms with E-state index in [-0.39, 0.29) is 17.4 Å².